The highest BCUT2D eigenvalue weighted by molar-refractivity contribution is 7.89. The molecular formula is C21H23FN2O6S. The maximum atomic E-state index is 13.3. The molecule has 31 heavy (non-hydrogen) atoms. The number of halogens is 1. The van der Waals surface area contributed by atoms with Crippen LogP contribution in [-0.4, -0.2) is 57.5 Å². The summed E-state index contributed by atoms with van der Waals surface area (Å²) >= 11 is 0. The molecule has 8 nitrogen and oxygen atoms in total. The molecule has 10 heteroatoms. The third-order valence-corrected chi connectivity index (χ3v) is 6.85. The predicted molar refractivity (Wildman–Crippen MR) is 111 cm³/mol. The lowest BCUT2D eigenvalue weighted by atomic mass is 10.1. The Morgan fingerprint density at radius 2 is 1.77 bits per heavy atom. The zero-order valence-electron chi connectivity index (χ0n) is 17.2. The van der Waals surface area contributed by atoms with Crippen molar-refractivity contribution in [3.05, 3.63) is 58.9 Å². The van der Waals surface area contributed by atoms with E-state index in [1.54, 1.807) is 26.0 Å². The fourth-order valence-electron chi connectivity index (χ4n) is 3.10. The molecule has 2 aromatic carbocycles. The Morgan fingerprint density at radius 1 is 1.10 bits per heavy atom. The van der Waals surface area contributed by atoms with Gasteiger partial charge < -0.3 is 14.8 Å². The van der Waals surface area contributed by atoms with Crippen molar-refractivity contribution >= 4 is 27.6 Å². The van der Waals surface area contributed by atoms with Crippen LogP contribution in [0, 0.1) is 19.7 Å². The smallest absolute Gasteiger partial charge is 0.339 e. The normalized spacial score (nSPS) is 14.8. The molecule has 0 spiro atoms. The van der Waals surface area contributed by atoms with Crippen LogP contribution in [0.1, 0.15) is 21.5 Å². The molecule has 0 aliphatic carbocycles. The highest BCUT2D eigenvalue weighted by Crippen LogP contribution is 2.24. The first-order chi connectivity index (χ1) is 14.7. The summed E-state index contributed by atoms with van der Waals surface area (Å²) in [6.07, 6.45) is 0. The van der Waals surface area contributed by atoms with E-state index in [1.165, 1.54) is 22.5 Å². The van der Waals surface area contributed by atoms with Crippen LogP contribution in [0.4, 0.5) is 10.1 Å². The quantitative estimate of drug-likeness (QED) is 0.678. The van der Waals surface area contributed by atoms with Crippen LogP contribution >= 0.6 is 0 Å². The van der Waals surface area contributed by atoms with Gasteiger partial charge in [0.1, 0.15) is 5.82 Å². The molecule has 0 atom stereocenters. The minimum absolute atomic E-state index is 0.0297. The number of nitrogens with zero attached hydrogens (tertiary/aromatic N) is 1. The van der Waals surface area contributed by atoms with Crippen LogP contribution in [-0.2, 0) is 24.3 Å². The standard InChI is InChI=1S/C21H23FN2O6S/c1-14-3-5-16(22)11-18(14)21(26)30-13-20(25)23-17-6-4-15(2)19(12-17)31(27,28)24-7-9-29-10-8-24/h3-6,11-12H,7-10,13H2,1-2H3,(H,23,25). The second kappa shape index (κ2) is 9.54. The van der Waals surface area contributed by atoms with Crippen LogP contribution in [0.25, 0.3) is 0 Å². The number of anilines is 1. The molecule has 1 N–H and O–H groups in total. The van der Waals surface area contributed by atoms with Gasteiger partial charge >= 0.3 is 5.97 Å². The molecule has 1 saturated heterocycles. The minimum Gasteiger partial charge on any atom is -0.452 e. The SMILES string of the molecule is Cc1ccc(F)cc1C(=O)OCC(=O)Nc1ccc(C)c(S(=O)(=O)N2CCOCC2)c1. The molecule has 0 unspecified atom stereocenters. The van der Waals surface area contributed by atoms with Gasteiger partial charge in [-0.3, -0.25) is 4.79 Å². The predicted octanol–water partition coefficient (Wildman–Crippen LogP) is 2.26. The Hall–Kier alpha value is -2.82. The second-order valence-electron chi connectivity index (χ2n) is 7.08. The van der Waals surface area contributed by atoms with Crippen molar-refractivity contribution in [2.45, 2.75) is 18.7 Å². The van der Waals surface area contributed by atoms with Crippen molar-refractivity contribution in [3.63, 3.8) is 0 Å². The number of benzene rings is 2. The van der Waals surface area contributed by atoms with E-state index in [0.29, 0.717) is 24.3 Å². The average Bonchev–Trinajstić information content (AvgIpc) is 2.75. The lowest BCUT2D eigenvalue weighted by molar-refractivity contribution is -0.119. The Labute approximate surface area is 180 Å². The number of carbonyl (C=O) groups is 2. The molecule has 0 aromatic heterocycles. The fourth-order valence-corrected chi connectivity index (χ4v) is 4.76. The Balaban J connectivity index is 1.67. The molecule has 2 aromatic rings. The molecule has 0 saturated carbocycles. The molecule has 1 heterocycles. The van der Waals surface area contributed by atoms with E-state index in [-0.39, 0.29) is 29.2 Å². The third kappa shape index (κ3) is 5.46. The number of rotatable bonds is 6. The zero-order valence-corrected chi connectivity index (χ0v) is 18.0. The maximum absolute atomic E-state index is 13.3. The van der Waals surface area contributed by atoms with Crippen molar-refractivity contribution in [2.24, 2.45) is 0 Å². The van der Waals surface area contributed by atoms with E-state index >= 15 is 0 Å². The number of hydrogen-bond donors (Lipinski definition) is 1. The van der Waals surface area contributed by atoms with Crippen LogP contribution in [0.5, 0.6) is 0 Å². The van der Waals surface area contributed by atoms with Gasteiger partial charge in [0.15, 0.2) is 6.61 Å². The van der Waals surface area contributed by atoms with Crippen molar-refractivity contribution in [3.8, 4) is 0 Å². The van der Waals surface area contributed by atoms with Gasteiger partial charge in [0.25, 0.3) is 5.91 Å². The zero-order chi connectivity index (χ0) is 22.6. The van der Waals surface area contributed by atoms with Gasteiger partial charge in [-0.15, -0.1) is 0 Å². The van der Waals surface area contributed by atoms with Gasteiger partial charge in [0.2, 0.25) is 10.0 Å². The van der Waals surface area contributed by atoms with Crippen molar-refractivity contribution in [1.82, 2.24) is 4.31 Å². The Kier molecular flexibility index (Phi) is 7.04. The largest absolute Gasteiger partial charge is 0.452 e. The summed E-state index contributed by atoms with van der Waals surface area (Å²) in [5.74, 6) is -2.07. The average molecular weight is 450 g/mol. The maximum Gasteiger partial charge on any atom is 0.339 e. The highest BCUT2D eigenvalue weighted by Gasteiger charge is 2.28. The van der Waals surface area contributed by atoms with Crippen LogP contribution in [0.2, 0.25) is 0 Å². The van der Waals surface area contributed by atoms with E-state index in [4.69, 9.17) is 9.47 Å². The van der Waals surface area contributed by atoms with Crippen LogP contribution < -0.4 is 5.32 Å². The molecule has 0 bridgehead atoms. The highest BCUT2D eigenvalue weighted by atomic mass is 32.2. The van der Waals surface area contributed by atoms with Crippen molar-refractivity contribution < 1.29 is 31.9 Å². The fraction of sp³-hybridized carbons (Fsp3) is 0.333. The first kappa shape index (κ1) is 22.9. The van der Waals surface area contributed by atoms with Gasteiger partial charge in [-0.25, -0.2) is 17.6 Å². The number of morpholine rings is 1. The van der Waals surface area contributed by atoms with E-state index < -0.39 is 34.3 Å². The Morgan fingerprint density at radius 3 is 2.48 bits per heavy atom. The number of aryl methyl sites for hydroxylation is 2. The minimum atomic E-state index is -3.74. The first-order valence-electron chi connectivity index (χ1n) is 9.60. The molecule has 1 amide bonds. The number of esters is 1. The van der Waals surface area contributed by atoms with E-state index in [1.807, 2.05) is 0 Å². The van der Waals surface area contributed by atoms with Gasteiger partial charge in [0, 0.05) is 18.8 Å². The molecule has 3 rings (SSSR count). The van der Waals surface area contributed by atoms with Gasteiger partial charge in [0.05, 0.1) is 23.7 Å². The van der Waals surface area contributed by atoms with Crippen LogP contribution in [0.15, 0.2) is 41.3 Å². The summed E-state index contributed by atoms with van der Waals surface area (Å²) < 4.78 is 50.7. The molecule has 0 radical (unpaired) electrons. The summed E-state index contributed by atoms with van der Waals surface area (Å²) in [6.45, 7) is 3.85. The number of hydrogen-bond acceptors (Lipinski definition) is 6. The second-order valence-corrected chi connectivity index (χ2v) is 8.99. The number of sulfonamides is 1. The lowest BCUT2D eigenvalue weighted by Crippen LogP contribution is -2.40. The van der Waals surface area contributed by atoms with E-state index in [0.717, 1.165) is 6.07 Å². The van der Waals surface area contributed by atoms with Gasteiger partial charge in [-0.1, -0.05) is 12.1 Å². The summed E-state index contributed by atoms with van der Waals surface area (Å²) in [4.78, 5) is 24.4. The van der Waals surface area contributed by atoms with Crippen LogP contribution in [0.3, 0.4) is 0 Å². The third-order valence-electron chi connectivity index (χ3n) is 4.81. The van der Waals surface area contributed by atoms with Gasteiger partial charge in [-0.05, 0) is 49.2 Å². The molecular weight excluding hydrogens is 427 g/mol. The monoisotopic (exact) mass is 450 g/mol. The number of carbonyl (C=O) groups excluding carboxylic acids is 2. The first-order valence-corrected chi connectivity index (χ1v) is 11.0. The summed E-state index contributed by atoms with van der Waals surface area (Å²) in [5, 5.41) is 2.52. The molecule has 166 valence electrons. The topological polar surface area (TPSA) is 102 Å². The molecule has 1 aliphatic rings. The van der Waals surface area contributed by atoms with Crippen molar-refractivity contribution in [2.75, 3.05) is 38.2 Å². The molecule has 1 fully saturated rings. The van der Waals surface area contributed by atoms with E-state index in [2.05, 4.69) is 5.32 Å². The summed E-state index contributed by atoms with van der Waals surface area (Å²) in [7, 11) is -3.74. The summed E-state index contributed by atoms with van der Waals surface area (Å²) in [5.41, 5.74) is 1.34. The number of ether oxygens (including phenoxy) is 2. The number of amides is 1. The van der Waals surface area contributed by atoms with E-state index in [9.17, 15) is 22.4 Å². The number of nitrogens with one attached hydrogen (secondary N) is 1. The Bertz CT molecular complexity index is 1100. The summed E-state index contributed by atoms with van der Waals surface area (Å²) in [6, 6.07) is 8.22. The lowest BCUT2D eigenvalue weighted by Gasteiger charge is -2.26. The molecule has 1 aliphatic heterocycles. The van der Waals surface area contributed by atoms with Gasteiger partial charge in [-0.2, -0.15) is 4.31 Å². The van der Waals surface area contributed by atoms with Crippen molar-refractivity contribution in [1.29, 1.82) is 0 Å².